The SMILES string of the molecule is O=C(/C=C/c1ccsc1)OCC(=O)N1CCN(S(=O)(=O)c2ccc(Cl)cc2)CC1. The molecule has 1 aliphatic rings. The Morgan fingerprint density at radius 1 is 1.10 bits per heavy atom. The van der Waals surface area contributed by atoms with Gasteiger partial charge in [0.05, 0.1) is 4.90 Å². The number of piperazine rings is 1. The second kappa shape index (κ2) is 9.53. The van der Waals surface area contributed by atoms with Crippen LogP contribution in [0.4, 0.5) is 0 Å². The first-order chi connectivity index (χ1) is 13.9. The van der Waals surface area contributed by atoms with Crippen LogP contribution in [0.1, 0.15) is 5.56 Å². The monoisotopic (exact) mass is 454 g/mol. The van der Waals surface area contributed by atoms with Gasteiger partial charge in [-0.2, -0.15) is 15.6 Å². The zero-order valence-electron chi connectivity index (χ0n) is 15.4. The molecule has 2 heterocycles. The number of nitrogens with zero attached hydrogens (tertiary/aromatic N) is 2. The first kappa shape index (κ1) is 21.5. The van der Waals surface area contributed by atoms with Crippen molar-refractivity contribution in [1.82, 2.24) is 9.21 Å². The van der Waals surface area contributed by atoms with Crippen LogP contribution in [0, 0.1) is 0 Å². The Labute approximate surface area is 178 Å². The number of halogens is 1. The van der Waals surface area contributed by atoms with Gasteiger partial charge in [0, 0.05) is 37.3 Å². The topological polar surface area (TPSA) is 84.0 Å². The highest BCUT2D eigenvalue weighted by Crippen LogP contribution is 2.20. The van der Waals surface area contributed by atoms with Gasteiger partial charge in [-0.25, -0.2) is 13.2 Å². The molecule has 2 aromatic rings. The minimum Gasteiger partial charge on any atom is -0.452 e. The number of hydrogen-bond acceptors (Lipinski definition) is 6. The zero-order chi connectivity index (χ0) is 20.9. The van der Waals surface area contributed by atoms with E-state index >= 15 is 0 Å². The molecule has 0 radical (unpaired) electrons. The number of carbonyl (C=O) groups is 2. The Hall–Kier alpha value is -2.20. The number of sulfonamides is 1. The fourth-order valence-corrected chi connectivity index (χ4v) is 4.92. The Morgan fingerprint density at radius 3 is 2.41 bits per heavy atom. The Kier molecular flexibility index (Phi) is 7.07. The number of thiophene rings is 1. The van der Waals surface area contributed by atoms with E-state index in [1.165, 1.54) is 50.9 Å². The molecule has 0 atom stereocenters. The van der Waals surface area contributed by atoms with Gasteiger partial charge in [0.15, 0.2) is 6.61 Å². The summed E-state index contributed by atoms with van der Waals surface area (Å²) < 4.78 is 31.6. The van der Waals surface area contributed by atoms with Gasteiger partial charge in [0.1, 0.15) is 0 Å². The second-order valence-corrected chi connectivity index (χ2v) is 9.39. The molecule has 7 nitrogen and oxygen atoms in total. The van der Waals surface area contributed by atoms with Gasteiger partial charge in [0.2, 0.25) is 10.0 Å². The lowest BCUT2D eigenvalue weighted by Crippen LogP contribution is -2.51. The fraction of sp³-hybridized carbons (Fsp3) is 0.263. The maximum absolute atomic E-state index is 12.7. The van der Waals surface area contributed by atoms with Crippen molar-refractivity contribution >= 4 is 50.9 Å². The third kappa shape index (κ3) is 5.66. The predicted octanol–water partition coefficient (Wildman–Crippen LogP) is 2.49. The average molecular weight is 455 g/mol. The molecule has 0 spiro atoms. The van der Waals surface area contributed by atoms with E-state index < -0.39 is 16.0 Å². The largest absolute Gasteiger partial charge is 0.452 e. The lowest BCUT2D eigenvalue weighted by atomic mass is 10.3. The van der Waals surface area contributed by atoms with E-state index in [0.29, 0.717) is 5.02 Å². The van der Waals surface area contributed by atoms with Crippen LogP contribution in [-0.4, -0.2) is 62.3 Å². The summed E-state index contributed by atoms with van der Waals surface area (Å²) in [5.74, 6) is -0.959. The first-order valence-corrected chi connectivity index (χ1v) is 11.5. The Balaban J connectivity index is 1.48. The van der Waals surface area contributed by atoms with Crippen LogP contribution in [0.5, 0.6) is 0 Å². The summed E-state index contributed by atoms with van der Waals surface area (Å²) in [4.78, 5) is 25.6. The molecule has 1 saturated heterocycles. The molecule has 29 heavy (non-hydrogen) atoms. The fourth-order valence-electron chi connectivity index (χ4n) is 2.74. The molecule has 1 amide bonds. The van der Waals surface area contributed by atoms with E-state index in [1.807, 2.05) is 16.8 Å². The normalized spacial score (nSPS) is 15.6. The van der Waals surface area contributed by atoms with E-state index in [9.17, 15) is 18.0 Å². The van der Waals surface area contributed by atoms with Gasteiger partial charge in [-0.3, -0.25) is 4.79 Å². The minimum absolute atomic E-state index is 0.160. The third-order valence-electron chi connectivity index (χ3n) is 4.34. The summed E-state index contributed by atoms with van der Waals surface area (Å²) in [6.45, 7) is 0.421. The molecule has 0 N–H and O–H groups in total. The lowest BCUT2D eigenvalue weighted by molar-refractivity contribution is -0.148. The number of carbonyl (C=O) groups excluding carboxylic acids is 2. The highest BCUT2D eigenvalue weighted by molar-refractivity contribution is 7.89. The van der Waals surface area contributed by atoms with Crippen molar-refractivity contribution in [1.29, 1.82) is 0 Å². The molecular formula is C19H19ClN2O5S2. The summed E-state index contributed by atoms with van der Waals surface area (Å²) in [7, 11) is -3.64. The third-order valence-corrected chi connectivity index (χ3v) is 7.20. The van der Waals surface area contributed by atoms with Gasteiger partial charge >= 0.3 is 5.97 Å². The predicted molar refractivity (Wildman–Crippen MR) is 111 cm³/mol. The molecule has 0 aliphatic carbocycles. The highest BCUT2D eigenvalue weighted by atomic mass is 35.5. The quantitative estimate of drug-likeness (QED) is 0.494. The molecule has 1 fully saturated rings. The molecule has 1 aromatic heterocycles. The second-order valence-electron chi connectivity index (χ2n) is 6.24. The number of esters is 1. The summed E-state index contributed by atoms with van der Waals surface area (Å²) >= 11 is 7.32. The van der Waals surface area contributed by atoms with Gasteiger partial charge in [-0.05, 0) is 52.7 Å². The van der Waals surface area contributed by atoms with E-state index in [-0.39, 0.29) is 43.6 Å². The van der Waals surface area contributed by atoms with Crippen molar-refractivity contribution in [2.75, 3.05) is 32.8 Å². The number of rotatable bonds is 6. The number of hydrogen-bond donors (Lipinski definition) is 0. The molecule has 0 bridgehead atoms. The van der Waals surface area contributed by atoms with E-state index in [2.05, 4.69) is 0 Å². The summed E-state index contributed by atoms with van der Waals surface area (Å²) in [6.07, 6.45) is 2.88. The van der Waals surface area contributed by atoms with Crippen molar-refractivity contribution in [3.05, 3.63) is 57.8 Å². The minimum atomic E-state index is -3.64. The number of amides is 1. The first-order valence-electron chi connectivity index (χ1n) is 8.77. The standard InChI is InChI=1S/C19H19ClN2O5S2/c20-16-2-4-17(5-3-16)29(25,26)22-10-8-21(9-11-22)18(23)13-27-19(24)6-1-15-7-12-28-14-15/h1-7,12,14H,8-11,13H2/b6-1+. The van der Waals surface area contributed by atoms with Crippen LogP contribution in [-0.2, 0) is 24.3 Å². The van der Waals surface area contributed by atoms with Crippen molar-refractivity contribution < 1.29 is 22.7 Å². The molecule has 1 aliphatic heterocycles. The van der Waals surface area contributed by atoms with E-state index in [0.717, 1.165) is 5.56 Å². The molecule has 10 heteroatoms. The van der Waals surface area contributed by atoms with Crippen molar-refractivity contribution in [3.63, 3.8) is 0 Å². The molecule has 0 saturated carbocycles. The number of benzene rings is 1. The van der Waals surface area contributed by atoms with Crippen LogP contribution in [0.2, 0.25) is 5.02 Å². The average Bonchev–Trinajstić information content (AvgIpc) is 3.24. The molecule has 3 rings (SSSR count). The summed E-state index contributed by atoms with van der Waals surface area (Å²) in [6, 6.07) is 7.82. The van der Waals surface area contributed by atoms with Crippen LogP contribution in [0.3, 0.4) is 0 Å². The Morgan fingerprint density at radius 2 is 1.79 bits per heavy atom. The molecule has 0 unspecified atom stereocenters. The van der Waals surface area contributed by atoms with Crippen LogP contribution >= 0.6 is 22.9 Å². The van der Waals surface area contributed by atoms with Crippen LogP contribution in [0.25, 0.3) is 6.08 Å². The molecule has 1 aromatic carbocycles. The van der Waals surface area contributed by atoms with Gasteiger partial charge in [-0.1, -0.05) is 11.6 Å². The molecule has 154 valence electrons. The highest BCUT2D eigenvalue weighted by Gasteiger charge is 2.30. The molecular weight excluding hydrogens is 436 g/mol. The van der Waals surface area contributed by atoms with Crippen molar-refractivity contribution in [2.24, 2.45) is 0 Å². The zero-order valence-corrected chi connectivity index (χ0v) is 17.8. The Bertz CT molecular complexity index is 980. The van der Waals surface area contributed by atoms with Gasteiger partial charge in [0.25, 0.3) is 5.91 Å². The maximum atomic E-state index is 12.7. The van der Waals surface area contributed by atoms with E-state index in [4.69, 9.17) is 16.3 Å². The summed E-state index contributed by atoms with van der Waals surface area (Å²) in [5, 5.41) is 4.23. The van der Waals surface area contributed by atoms with Gasteiger partial charge < -0.3 is 9.64 Å². The smallest absolute Gasteiger partial charge is 0.331 e. The van der Waals surface area contributed by atoms with Crippen LogP contribution < -0.4 is 0 Å². The van der Waals surface area contributed by atoms with Gasteiger partial charge in [-0.15, -0.1) is 0 Å². The van der Waals surface area contributed by atoms with E-state index in [1.54, 1.807) is 6.08 Å². The lowest BCUT2D eigenvalue weighted by Gasteiger charge is -2.33. The number of ether oxygens (including phenoxy) is 1. The van der Waals surface area contributed by atoms with Crippen LogP contribution in [0.15, 0.2) is 52.1 Å². The summed E-state index contributed by atoms with van der Waals surface area (Å²) in [5.41, 5.74) is 0.885. The van der Waals surface area contributed by atoms with Crippen molar-refractivity contribution in [3.8, 4) is 0 Å². The maximum Gasteiger partial charge on any atom is 0.331 e. The van der Waals surface area contributed by atoms with Crippen molar-refractivity contribution in [2.45, 2.75) is 4.90 Å².